The minimum Gasteiger partial charge on any atom is -0.497 e. The van der Waals surface area contributed by atoms with Crippen molar-refractivity contribution in [2.75, 3.05) is 25.1 Å². The highest BCUT2D eigenvalue weighted by Gasteiger charge is 2.30. The van der Waals surface area contributed by atoms with Crippen molar-refractivity contribution in [2.45, 2.75) is 25.7 Å². The van der Waals surface area contributed by atoms with E-state index in [0.29, 0.717) is 5.75 Å². The minimum atomic E-state index is -4.15. The van der Waals surface area contributed by atoms with Gasteiger partial charge >= 0.3 is 0 Å². The summed E-state index contributed by atoms with van der Waals surface area (Å²) >= 11 is 0. The fraction of sp³-hybridized carbons (Fsp3) is 0.200. The van der Waals surface area contributed by atoms with E-state index in [9.17, 15) is 13.2 Å². The van der Waals surface area contributed by atoms with E-state index in [2.05, 4.69) is 28.1 Å². The van der Waals surface area contributed by atoms with Gasteiger partial charge < -0.3 is 14.0 Å². The van der Waals surface area contributed by atoms with Gasteiger partial charge in [-0.15, -0.1) is 0 Å². The van der Waals surface area contributed by atoms with Crippen LogP contribution >= 0.6 is 0 Å². The number of methoxy groups -OCH3 is 2. The zero-order valence-corrected chi connectivity index (χ0v) is 23.9. The molecule has 0 saturated heterocycles. The van der Waals surface area contributed by atoms with Gasteiger partial charge in [0.15, 0.2) is 0 Å². The van der Waals surface area contributed by atoms with Gasteiger partial charge in [0.2, 0.25) is 0 Å². The summed E-state index contributed by atoms with van der Waals surface area (Å²) in [4.78, 5) is 13.1. The number of anilines is 1. The minimum absolute atomic E-state index is 0.0276. The summed E-state index contributed by atoms with van der Waals surface area (Å²) in [7, 11) is -1.25. The van der Waals surface area contributed by atoms with Crippen LogP contribution in [0.25, 0.3) is 5.69 Å². The maximum absolute atomic E-state index is 13.7. The van der Waals surface area contributed by atoms with Crippen molar-refractivity contribution in [1.82, 2.24) is 9.99 Å². The second kappa shape index (κ2) is 12.1. The highest BCUT2D eigenvalue weighted by Crippen LogP contribution is 2.35. The van der Waals surface area contributed by atoms with Crippen LogP contribution in [0, 0.1) is 20.8 Å². The molecule has 1 amide bonds. The largest absolute Gasteiger partial charge is 0.497 e. The molecule has 0 unspecified atom stereocenters. The number of sulfonamides is 1. The van der Waals surface area contributed by atoms with Crippen LogP contribution in [0.1, 0.15) is 22.5 Å². The molecule has 0 aliphatic heterocycles. The number of nitrogens with one attached hydrogen (secondary N) is 1. The highest BCUT2D eigenvalue weighted by atomic mass is 32.2. The number of ether oxygens (including phenoxy) is 2. The van der Waals surface area contributed by atoms with Gasteiger partial charge in [-0.05, 0) is 62.7 Å². The Bertz CT molecular complexity index is 1650. The molecule has 40 heavy (non-hydrogen) atoms. The zero-order chi connectivity index (χ0) is 28.9. The van der Waals surface area contributed by atoms with Crippen molar-refractivity contribution < 1.29 is 22.7 Å². The third kappa shape index (κ3) is 5.86. The number of hydrogen-bond donors (Lipinski definition) is 1. The lowest BCUT2D eigenvalue weighted by Gasteiger charge is -2.25. The van der Waals surface area contributed by atoms with Gasteiger partial charge in [0.05, 0.1) is 31.0 Å². The van der Waals surface area contributed by atoms with E-state index in [1.807, 2.05) is 38.1 Å². The predicted octanol–water partition coefficient (Wildman–Crippen LogP) is 4.77. The molecule has 0 spiro atoms. The summed E-state index contributed by atoms with van der Waals surface area (Å²) in [6.07, 6.45) is 1.55. The summed E-state index contributed by atoms with van der Waals surface area (Å²) in [5.74, 6) is 0.0418. The molecule has 1 N–H and O–H groups in total. The Morgan fingerprint density at radius 2 is 1.65 bits per heavy atom. The first-order valence-corrected chi connectivity index (χ1v) is 14.0. The standard InChI is InChI=1S/C30H32N4O5S/c1-21-11-9-10-14-27(21)34-22(2)17-24(23(34)3)19-31-32-30(35)20-33(40(36,37)26-12-7-6-8-13-26)28-18-25(38-4)15-16-29(28)39-5/h6-19H,20H2,1-5H3,(H,32,35)/b31-19-. The molecular weight excluding hydrogens is 528 g/mol. The molecule has 0 fully saturated rings. The molecule has 4 aromatic rings. The molecule has 3 aromatic carbocycles. The van der Waals surface area contributed by atoms with Crippen molar-refractivity contribution in [3.05, 3.63) is 101 Å². The number of carbonyl (C=O) groups excluding carboxylic acids is 1. The van der Waals surface area contributed by atoms with Crippen LogP contribution in [0.4, 0.5) is 5.69 Å². The van der Waals surface area contributed by atoms with Gasteiger partial charge in [0.25, 0.3) is 15.9 Å². The lowest BCUT2D eigenvalue weighted by atomic mass is 10.2. The Labute approximate surface area is 234 Å². The van der Waals surface area contributed by atoms with Gasteiger partial charge in [-0.3, -0.25) is 9.10 Å². The highest BCUT2D eigenvalue weighted by molar-refractivity contribution is 7.92. The second-order valence-corrected chi connectivity index (χ2v) is 11.0. The summed E-state index contributed by atoms with van der Waals surface area (Å²) in [5, 5.41) is 4.14. The molecule has 10 heteroatoms. The number of rotatable bonds is 10. The summed E-state index contributed by atoms with van der Waals surface area (Å²) in [6, 6.07) is 22.7. The topological polar surface area (TPSA) is 102 Å². The van der Waals surface area contributed by atoms with Crippen LogP contribution in [0.2, 0.25) is 0 Å². The average molecular weight is 561 g/mol. The Morgan fingerprint density at radius 1 is 0.950 bits per heavy atom. The van der Waals surface area contributed by atoms with Gasteiger partial charge in [-0.25, -0.2) is 13.8 Å². The molecule has 0 bridgehead atoms. The molecule has 0 aliphatic carbocycles. The van der Waals surface area contributed by atoms with Crippen molar-refractivity contribution in [3.63, 3.8) is 0 Å². The number of benzene rings is 3. The van der Waals surface area contributed by atoms with Crippen molar-refractivity contribution >= 4 is 27.8 Å². The number of para-hydroxylation sites is 1. The van der Waals surface area contributed by atoms with Gasteiger partial charge in [-0.1, -0.05) is 36.4 Å². The number of hydrazone groups is 1. The fourth-order valence-electron chi connectivity index (χ4n) is 4.45. The van der Waals surface area contributed by atoms with Gasteiger partial charge in [0, 0.05) is 28.7 Å². The second-order valence-electron chi connectivity index (χ2n) is 9.10. The first kappa shape index (κ1) is 28.4. The van der Waals surface area contributed by atoms with Crippen LogP contribution in [-0.4, -0.2) is 45.9 Å². The number of aromatic nitrogens is 1. The Morgan fingerprint density at radius 3 is 2.33 bits per heavy atom. The fourth-order valence-corrected chi connectivity index (χ4v) is 5.90. The Hall–Kier alpha value is -4.57. The summed E-state index contributed by atoms with van der Waals surface area (Å²) in [5.41, 5.74) is 7.63. The molecule has 0 aliphatic rings. The molecule has 1 heterocycles. The van der Waals surface area contributed by atoms with E-state index in [0.717, 1.165) is 32.5 Å². The van der Waals surface area contributed by atoms with E-state index in [1.54, 1.807) is 36.5 Å². The van der Waals surface area contributed by atoms with Crippen molar-refractivity contribution in [3.8, 4) is 17.2 Å². The van der Waals surface area contributed by atoms with E-state index in [4.69, 9.17) is 9.47 Å². The van der Waals surface area contributed by atoms with Crippen LogP contribution in [0.3, 0.4) is 0 Å². The number of amides is 1. The summed E-state index contributed by atoms with van der Waals surface area (Å²) in [6.45, 7) is 5.49. The third-order valence-electron chi connectivity index (χ3n) is 6.49. The van der Waals surface area contributed by atoms with Gasteiger partial charge in [0.1, 0.15) is 18.0 Å². The van der Waals surface area contributed by atoms with Crippen molar-refractivity contribution in [1.29, 1.82) is 0 Å². The first-order valence-electron chi connectivity index (χ1n) is 12.5. The maximum atomic E-state index is 13.7. The lowest BCUT2D eigenvalue weighted by molar-refractivity contribution is -0.119. The van der Waals surface area contributed by atoms with Crippen LogP contribution in [0.5, 0.6) is 11.5 Å². The van der Waals surface area contributed by atoms with Crippen molar-refractivity contribution in [2.24, 2.45) is 5.10 Å². The number of carbonyl (C=O) groups is 1. The van der Waals surface area contributed by atoms with E-state index in [-0.39, 0.29) is 16.3 Å². The quantitative estimate of drug-likeness (QED) is 0.223. The average Bonchev–Trinajstić information content (AvgIpc) is 3.24. The maximum Gasteiger partial charge on any atom is 0.264 e. The molecule has 0 saturated carbocycles. The van der Waals surface area contributed by atoms with Crippen LogP contribution in [-0.2, 0) is 14.8 Å². The SMILES string of the molecule is COc1ccc(OC)c(N(CC(=O)N/N=C\c2cc(C)n(-c3ccccc3C)c2C)S(=O)(=O)c2ccccc2)c1. The predicted molar refractivity (Wildman–Crippen MR) is 156 cm³/mol. The smallest absolute Gasteiger partial charge is 0.264 e. The molecule has 0 radical (unpaired) electrons. The molecule has 4 rings (SSSR count). The molecular formula is C30H32N4O5S. The monoisotopic (exact) mass is 560 g/mol. The number of nitrogens with zero attached hydrogens (tertiary/aromatic N) is 3. The number of hydrogen-bond acceptors (Lipinski definition) is 6. The molecule has 9 nitrogen and oxygen atoms in total. The lowest BCUT2D eigenvalue weighted by Crippen LogP contribution is -2.39. The van der Waals surface area contributed by atoms with E-state index >= 15 is 0 Å². The first-order chi connectivity index (χ1) is 19.2. The summed E-state index contributed by atoms with van der Waals surface area (Å²) < 4.78 is 41.2. The normalized spacial score (nSPS) is 11.4. The van der Waals surface area contributed by atoms with Crippen LogP contribution in [0.15, 0.2) is 88.9 Å². The third-order valence-corrected chi connectivity index (χ3v) is 8.27. The molecule has 1 aromatic heterocycles. The van der Waals surface area contributed by atoms with Crippen LogP contribution < -0.4 is 19.2 Å². The Balaban J connectivity index is 1.62. The molecule has 0 atom stereocenters. The van der Waals surface area contributed by atoms with E-state index in [1.165, 1.54) is 32.4 Å². The number of aryl methyl sites for hydroxylation is 2. The molecule has 208 valence electrons. The zero-order valence-electron chi connectivity index (χ0n) is 23.1. The Kier molecular flexibility index (Phi) is 8.59. The van der Waals surface area contributed by atoms with Gasteiger partial charge in [-0.2, -0.15) is 5.10 Å². The van der Waals surface area contributed by atoms with E-state index < -0.39 is 22.5 Å².